The Balaban J connectivity index is 2.40. The number of hydrogen-bond acceptors (Lipinski definition) is 3. The van der Waals surface area contributed by atoms with Crippen molar-refractivity contribution in [1.29, 1.82) is 0 Å². The van der Waals surface area contributed by atoms with Crippen molar-refractivity contribution in [3.63, 3.8) is 0 Å². The quantitative estimate of drug-likeness (QED) is 0.812. The smallest absolute Gasteiger partial charge is 0.310 e. The average Bonchev–Trinajstić information content (AvgIpc) is 2.75. The third-order valence-corrected chi connectivity index (χ3v) is 4.26. The lowest BCUT2D eigenvalue weighted by Gasteiger charge is -2.30. The molecule has 2 rings (SSSR count). The second-order valence-electron chi connectivity index (χ2n) is 5.42. The highest BCUT2D eigenvalue weighted by atomic mass is 16.5. The third kappa shape index (κ3) is 2.03. The largest absolute Gasteiger partial charge is 0.469 e. The van der Waals surface area contributed by atoms with Crippen molar-refractivity contribution >= 4 is 5.97 Å². The molecular formula is C15H21NO2. The van der Waals surface area contributed by atoms with Crippen LogP contribution in [0.4, 0.5) is 0 Å². The molecule has 0 amide bonds. The summed E-state index contributed by atoms with van der Waals surface area (Å²) in [6.07, 6.45) is 0. The van der Waals surface area contributed by atoms with E-state index in [4.69, 9.17) is 4.74 Å². The molecule has 1 fully saturated rings. The summed E-state index contributed by atoms with van der Waals surface area (Å²) < 4.78 is 4.93. The number of nitrogens with one attached hydrogen (secondary N) is 1. The van der Waals surface area contributed by atoms with E-state index < -0.39 is 0 Å². The topological polar surface area (TPSA) is 38.3 Å². The van der Waals surface area contributed by atoms with Crippen molar-refractivity contribution in [2.24, 2.45) is 5.92 Å². The summed E-state index contributed by atoms with van der Waals surface area (Å²) in [5, 5.41) is 3.31. The number of esters is 1. The van der Waals surface area contributed by atoms with Crippen molar-refractivity contribution in [3.8, 4) is 0 Å². The fraction of sp³-hybridized carbons (Fsp3) is 0.533. The zero-order chi connectivity index (χ0) is 13.3. The van der Waals surface area contributed by atoms with Crippen LogP contribution in [-0.4, -0.2) is 26.2 Å². The van der Waals surface area contributed by atoms with Gasteiger partial charge in [0.2, 0.25) is 0 Å². The first-order chi connectivity index (χ1) is 8.49. The van der Waals surface area contributed by atoms with Crippen molar-refractivity contribution in [2.45, 2.75) is 26.2 Å². The van der Waals surface area contributed by atoms with Crippen molar-refractivity contribution in [3.05, 3.63) is 34.9 Å². The van der Waals surface area contributed by atoms with E-state index in [0.29, 0.717) is 6.54 Å². The molecule has 98 valence electrons. The molecule has 0 aliphatic carbocycles. The van der Waals surface area contributed by atoms with Gasteiger partial charge in [-0.25, -0.2) is 0 Å². The molecule has 18 heavy (non-hydrogen) atoms. The first-order valence-electron chi connectivity index (χ1n) is 6.35. The molecule has 3 heteroatoms. The molecule has 2 atom stereocenters. The summed E-state index contributed by atoms with van der Waals surface area (Å²) >= 11 is 0. The van der Waals surface area contributed by atoms with Gasteiger partial charge in [-0.05, 0) is 30.5 Å². The van der Waals surface area contributed by atoms with E-state index in [9.17, 15) is 4.79 Å². The Morgan fingerprint density at radius 2 is 2.11 bits per heavy atom. The van der Waals surface area contributed by atoms with Gasteiger partial charge in [0.05, 0.1) is 13.0 Å². The monoisotopic (exact) mass is 247 g/mol. The lowest BCUT2D eigenvalue weighted by atomic mass is 9.73. The Hall–Kier alpha value is -1.35. The Kier molecular flexibility index (Phi) is 3.44. The highest BCUT2D eigenvalue weighted by molar-refractivity contribution is 5.75. The fourth-order valence-electron chi connectivity index (χ4n) is 2.71. The van der Waals surface area contributed by atoms with Gasteiger partial charge in [0.25, 0.3) is 0 Å². The van der Waals surface area contributed by atoms with E-state index in [1.807, 2.05) is 0 Å². The predicted molar refractivity (Wildman–Crippen MR) is 71.6 cm³/mol. The van der Waals surface area contributed by atoms with Crippen LogP contribution in [0.15, 0.2) is 18.2 Å². The van der Waals surface area contributed by atoms with Crippen molar-refractivity contribution in [2.75, 3.05) is 20.2 Å². The van der Waals surface area contributed by atoms with Crippen LogP contribution in [0.1, 0.15) is 23.6 Å². The number of ether oxygens (including phenoxy) is 1. The van der Waals surface area contributed by atoms with Crippen LogP contribution < -0.4 is 5.32 Å². The molecule has 1 saturated heterocycles. The molecule has 0 radical (unpaired) electrons. The van der Waals surface area contributed by atoms with Gasteiger partial charge in [0.15, 0.2) is 0 Å². The van der Waals surface area contributed by atoms with E-state index in [2.05, 4.69) is 44.3 Å². The van der Waals surface area contributed by atoms with Gasteiger partial charge in [-0.2, -0.15) is 0 Å². The average molecular weight is 247 g/mol. The van der Waals surface area contributed by atoms with Crippen LogP contribution in [0.3, 0.4) is 0 Å². The number of benzene rings is 1. The molecule has 3 nitrogen and oxygen atoms in total. The summed E-state index contributed by atoms with van der Waals surface area (Å²) in [5.74, 6) is -0.231. The molecule has 0 spiro atoms. The maximum absolute atomic E-state index is 11.9. The zero-order valence-corrected chi connectivity index (χ0v) is 11.5. The number of carbonyl (C=O) groups excluding carboxylic acids is 1. The van der Waals surface area contributed by atoms with Crippen LogP contribution in [0.25, 0.3) is 0 Å². The highest BCUT2D eigenvalue weighted by Gasteiger charge is 2.45. The van der Waals surface area contributed by atoms with Gasteiger partial charge >= 0.3 is 5.97 Å². The molecule has 1 aromatic rings. The lowest BCUT2D eigenvalue weighted by molar-refractivity contribution is -0.146. The number of rotatable bonds is 2. The standard InChI is InChI=1S/C15H21NO2/c1-10-5-6-12(7-11(10)2)15(3)9-16-8-13(15)14(17)18-4/h5-7,13,16H,8-9H2,1-4H3. The summed E-state index contributed by atoms with van der Waals surface area (Å²) in [6.45, 7) is 7.86. The van der Waals surface area contributed by atoms with E-state index >= 15 is 0 Å². The van der Waals surface area contributed by atoms with Gasteiger partial charge in [-0.15, -0.1) is 0 Å². The summed E-state index contributed by atoms with van der Waals surface area (Å²) in [6, 6.07) is 6.45. The van der Waals surface area contributed by atoms with E-state index in [1.165, 1.54) is 23.8 Å². The third-order valence-electron chi connectivity index (χ3n) is 4.26. The minimum atomic E-state index is -0.175. The number of aryl methyl sites for hydroxylation is 2. The van der Waals surface area contributed by atoms with Crippen molar-refractivity contribution in [1.82, 2.24) is 5.32 Å². The molecule has 1 aliphatic heterocycles. The van der Waals surface area contributed by atoms with E-state index in [-0.39, 0.29) is 17.3 Å². The van der Waals surface area contributed by atoms with Gasteiger partial charge in [0.1, 0.15) is 0 Å². The molecule has 1 N–H and O–H groups in total. The molecule has 1 heterocycles. The van der Waals surface area contributed by atoms with Crippen LogP contribution >= 0.6 is 0 Å². The fourth-order valence-corrected chi connectivity index (χ4v) is 2.71. The predicted octanol–water partition coefficient (Wildman–Crippen LogP) is 1.95. The molecule has 1 aromatic carbocycles. The minimum absolute atomic E-state index is 0.107. The molecule has 0 aromatic heterocycles. The molecular weight excluding hydrogens is 226 g/mol. The van der Waals surface area contributed by atoms with Gasteiger partial charge < -0.3 is 10.1 Å². The zero-order valence-electron chi connectivity index (χ0n) is 11.5. The molecule has 0 bridgehead atoms. The van der Waals surface area contributed by atoms with Gasteiger partial charge in [-0.1, -0.05) is 25.1 Å². The number of hydrogen-bond donors (Lipinski definition) is 1. The maximum Gasteiger partial charge on any atom is 0.310 e. The van der Waals surface area contributed by atoms with Crippen LogP contribution in [-0.2, 0) is 14.9 Å². The first kappa shape index (κ1) is 13.1. The van der Waals surface area contributed by atoms with Crippen LogP contribution in [0, 0.1) is 19.8 Å². The van der Waals surface area contributed by atoms with Gasteiger partial charge in [-0.3, -0.25) is 4.79 Å². The Bertz CT molecular complexity index is 470. The Morgan fingerprint density at radius 1 is 1.39 bits per heavy atom. The Morgan fingerprint density at radius 3 is 2.72 bits per heavy atom. The second-order valence-corrected chi connectivity index (χ2v) is 5.42. The summed E-state index contributed by atoms with van der Waals surface area (Å²) in [5.41, 5.74) is 3.59. The lowest BCUT2D eigenvalue weighted by Crippen LogP contribution is -2.37. The summed E-state index contributed by atoms with van der Waals surface area (Å²) in [7, 11) is 1.46. The molecule has 0 saturated carbocycles. The number of carbonyl (C=O) groups is 1. The second kappa shape index (κ2) is 4.73. The molecule has 2 unspecified atom stereocenters. The van der Waals surface area contributed by atoms with Crippen LogP contribution in [0.5, 0.6) is 0 Å². The highest BCUT2D eigenvalue weighted by Crippen LogP contribution is 2.36. The Labute approximate surface area is 109 Å². The van der Waals surface area contributed by atoms with Gasteiger partial charge in [0, 0.05) is 18.5 Å². The SMILES string of the molecule is COC(=O)C1CNCC1(C)c1ccc(C)c(C)c1. The maximum atomic E-state index is 11.9. The normalized spacial score (nSPS) is 27.2. The van der Waals surface area contributed by atoms with E-state index in [1.54, 1.807) is 0 Å². The number of methoxy groups -OCH3 is 1. The first-order valence-corrected chi connectivity index (χ1v) is 6.35. The summed E-state index contributed by atoms with van der Waals surface area (Å²) in [4.78, 5) is 11.9. The minimum Gasteiger partial charge on any atom is -0.469 e. The molecule has 1 aliphatic rings. The van der Waals surface area contributed by atoms with Crippen molar-refractivity contribution < 1.29 is 9.53 Å². The van der Waals surface area contributed by atoms with E-state index in [0.717, 1.165) is 6.54 Å². The van der Waals surface area contributed by atoms with Crippen LogP contribution in [0.2, 0.25) is 0 Å².